The summed E-state index contributed by atoms with van der Waals surface area (Å²) in [5.74, 6) is 0. The molecule has 0 aliphatic carbocycles. The molecule has 4 nitrogen and oxygen atoms in total. The largest absolute Gasteiger partial charge is 0.334 e. The van der Waals surface area contributed by atoms with E-state index in [0.717, 1.165) is 10.6 Å². The molecule has 2 amide bonds. The van der Waals surface area contributed by atoms with Crippen molar-refractivity contribution in [3.05, 3.63) is 52.5 Å². The fourth-order valence-corrected chi connectivity index (χ4v) is 2.18. The summed E-state index contributed by atoms with van der Waals surface area (Å²) in [6, 6.07) is 9.56. The van der Waals surface area contributed by atoms with Crippen LogP contribution in [0.25, 0.3) is 0 Å². The molecule has 1 heterocycles. The van der Waals surface area contributed by atoms with E-state index in [1.54, 1.807) is 6.20 Å². The van der Waals surface area contributed by atoms with Gasteiger partial charge in [-0.1, -0.05) is 30.3 Å². The van der Waals surface area contributed by atoms with Crippen molar-refractivity contribution in [2.75, 3.05) is 0 Å². The normalized spacial score (nSPS) is 11.8. The Labute approximate surface area is 110 Å². The lowest BCUT2D eigenvalue weighted by molar-refractivity contribution is 0.237. The molecule has 1 atom stereocenters. The summed E-state index contributed by atoms with van der Waals surface area (Å²) in [5.41, 5.74) is 1.08. The van der Waals surface area contributed by atoms with Crippen LogP contribution in [0.1, 0.15) is 23.5 Å². The van der Waals surface area contributed by atoms with Crippen LogP contribution in [0, 0.1) is 0 Å². The molecular formula is C13H15N3OS. The number of nitrogens with one attached hydrogen (secondary N) is 2. The molecule has 0 saturated carbocycles. The van der Waals surface area contributed by atoms with Crippen molar-refractivity contribution in [2.45, 2.75) is 19.5 Å². The number of rotatable bonds is 4. The minimum absolute atomic E-state index is 0.0687. The van der Waals surface area contributed by atoms with E-state index in [-0.39, 0.29) is 12.1 Å². The van der Waals surface area contributed by atoms with Gasteiger partial charge in [-0.25, -0.2) is 9.78 Å². The second-order valence-electron chi connectivity index (χ2n) is 3.90. The van der Waals surface area contributed by atoms with Crippen molar-refractivity contribution in [1.82, 2.24) is 15.6 Å². The van der Waals surface area contributed by atoms with Crippen molar-refractivity contribution < 1.29 is 4.79 Å². The Morgan fingerprint density at radius 3 is 2.83 bits per heavy atom. The van der Waals surface area contributed by atoms with Gasteiger partial charge in [-0.2, -0.15) is 0 Å². The van der Waals surface area contributed by atoms with Gasteiger partial charge in [-0.15, -0.1) is 11.3 Å². The number of amides is 2. The average Bonchev–Trinajstić information content (AvgIpc) is 2.91. The lowest BCUT2D eigenvalue weighted by Crippen LogP contribution is -2.36. The fraction of sp³-hybridized carbons (Fsp3) is 0.231. The predicted octanol–water partition coefficient (Wildman–Crippen LogP) is 2.70. The highest BCUT2D eigenvalue weighted by molar-refractivity contribution is 7.09. The van der Waals surface area contributed by atoms with Gasteiger partial charge >= 0.3 is 6.03 Å². The molecule has 94 valence electrons. The smallest absolute Gasteiger partial charge is 0.315 e. The van der Waals surface area contributed by atoms with Gasteiger partial charge in [0.15, 0.2) is 0 Å². The Balaban J connectivity index is 1.79. The van der Waals surface area contributed by atoms with E-state index in [4.69, 9.17) is 0 Å². The molecule has 0 saturated heterocycles. The van der Waals surface area contributed by atoms with Gasteiger partial charge in [0.05, 0.1) is 6.04 Å². The maximum Gasteiger partial charge on any atom is 0.315 e. The van der Waals surface area contributed by atoms with Crippen LogP contribution in [-0.2, 0) is 6.54 Å². The molecule has 2 aromatic rings. The summed E-state index contributed by atoms with van der Waals surface area (Å²) < 4.78 is 0. The molecule has 1 aromatic carbocycles. The maximum atomic E-state index is 11.7. The zero-order valence-corrected chi connectivity index (χ0v) is 10.9. The lowest BCUT2D eigenvalue weighted by Gasteiger charge is -2.12. The Morgan fingerprint density at radius 1 is 1.39 bits per heavy atom. The first kappa shape index (κ1) is 12.6. The summed E-state index contributed by atoms with van der Waals surface area (Å²) in [4.78, 5) is 15.8. The van der Waals surface area contributed by atoms with E-state index in [2.05, 4.69) is 15.6 Å². The number of benzene rings is 1. The van der Waals surface area contributed by atoms with E-state index in [0.29, 0.717) is 6.54 Å². The quantitative estimate of drug-likeness (QED) is 0.889. The minimum Gasteiger partial charge on any atom is -0.334 e. The molecule has 0 bridgehead atoms. The van der Waals surface area contributed by atoms with Crippen molar-refractivity contribution in [3.8, 4) is 0 Å². The van der Waals surface area contributed by atoms with Crippen LogP contribution in [0.2, 0.25) is 0 Å². The van der Waals surface area contributed by atoms with Crippen molar-refractivity contribution in [1.29, 1.82) is 0 Å². The molecule has 1 aromatic heterocycles. The van der Waals surface area contributed by atoms with Crippen LogP contribution in [0.5, 0.6) is 0 Å². The van der Waals surface area contributed by atoms with E-state index in [9.17, 15) is 4.79 Å². The number of hydrogen-bond acceptors (Lipinski definition) is 3. The zero-order valence-electron chi connectivity index (χ0n) is 10.1. The SMILES string of the molecule is CC(NC(=O)NCc1ccccc1)c1nccs1. The highest BCUT2D eigenvalue weighted by atomic mass is 32.1. The summed E-state index contributed by atoms with van der Waals surface area (Å²) in [5, 5.41) is 8.47. The highest BCUT2D eigenvalue weighted by Gasteiger charge is 2.10. The molecular weight excluding hydrogens is 246 g/mol. The summed E-state index contributed by atoms with van der Waals surface area (Å²) >= 11 is 1.53. The first-order valence-corrected chi connectivity index (χ1v) is 6.61. The standard InChI is InChI=1S/C13H15N3OS/c1-10(12-14-7-8-18-12)16-13(17)15-9-11-5-3-2-4-6-11/h2-8,10H,9H2,1H3,(H2,15,16,17). The second-order valence-corrected chi connectivity index (χ2v) is 4.83. The van der Waals surface area contributed by atoms with Gasteiger partial charge in [-0.05, 0) is 12.5 Å². The van der Waals surface area contributed by atoms with Gasteiger partial charge in [-0.3, -0.25) is 0 Å². The van der Waals surface area contributed by atoms with Crippen LogP contribution in [0.3, 0.4) is 0 Å². The molecule has 2 N–H and O–H groups in total. The second kappa shape index (κ2) is 6.16. The number of carbonyl (C=O) groups excluding carboxylic acids is 1. The van der Waals surface area contributed by atoms with E-state index in [1.807, 2.05) is 42.6 Å². The Morgan fingerprint density at radius 2 is 2.17 bits per heavy atom. The first-order chi connectivity index (χ1) is 8.75. The topological polar surface area (TPSA) is 54.0 Å². The summed E-state index contributed by atoms with van der Waals surface area (Å²) in [6.45, 7) is 2.44. The monoisotopic (exact) mass is 261 g/mol. The number of hydrogen-bond donors (Lipinski definition) is 2. The van der Waals surface area contributed by atoms with Crippen LogP contribution in [0.15, 0.2) is 41.9 Å². The van der Waals surface area contributed by atoms with E-state index >= 15 is 0 Å². The Kier molecular flexibility index (Phi) is 4.30. The van der Waals surface area contributed by atoms with Gasteiger partial charge < -0.3 is 10.6 Å². The molecule has 0 spiro atoms. The van der Waals surface area contributed by atoms with E-state index in [1.165, 1.54) is 11.3 Å². The number of nitrogens with zero attached hydrogens (tertiary/aromatic N) is 1. The van der Waals surface area contributed by atoms with Crippen LogP contribution >= 0.6 is 11.3 Å². The first-order valence-electron chi connectivity index (χ1n) is 5.73. The van der Waals surface area contributed by atoms with Gasteiger partial charge in [0.25, 0.3) is 0 Å². The summed E-state index contributed by atoms with van der Waals surface area (Å²) in [6.07, 6.45) is 1.74. The molecule has 0 aliphatic rings. The molecule has 1 unspecified atom stereocenters. The number of aromatic nitrogens is 1. The third-order valence-corrected chi connectivity index (χ3v) is 3.42. The maximum absolute atomic E-state index is 11.7. The van der Waals surface area contributed by atoms with Crippen LogP contribution in [-0.4, -0.2) is 11.0 Å². The van der Waals surface area contributed by atoms with Gasteiger partial charge in [0.2, 0.25) is 0 Å². The van der Waals surface area contributed by atoms with Gasteiger partial charge in [0, 0.05) is 18.1 Å². The number of thiazole rings is 1. The third-order valence-electron chi connectivity index (χ3n) is 2.47. The number of carbonyl (C=O) groups is 1. The van der Waals surface area contributed by atoms with Crippen molar-refractivity contribution in [2.24, 2.45) is 0 Å². The Bertz CT molecular complexity index is 484. The minimum atomic E-state index is -0.179. The zero-order chi connectivity index (χ0) is 12.8. The van der Waals surface area contributed by atoms with Crippen LogP contribution < -0.4 is 10.6 Å². The molecule has 0 fully saturated rings. The summed E-state index contributed by atoms with van der Waals surface area (Å²) in [7, 11) is 0. The Hall–Kier alpha value is -1.88. The van der Waals surface area contributed by atoms with Crippen molar-refractivity contribution >= 4 is 17.4 Å². The fourth-order valence-electron chi connectivity index (χ4n) is 1.54. The molecule has 2 rings (SSSR count). The highest BCUT2D eigenvalue weighted by Crippen LogP contribution is 2.14. The van der Waals surface area contributed by atoms with Gasteiger partial charge in [0.1, 0.15) is 5.01 Å². The lowest BCUT2D eigenvalue weighted by atomic mass is 10.2. The molecule has 0 radical (unpaired) electrons. The molecule has 18 heavy (non-hydrogen) atoms. The molecule has 0 aliphatic heterocycles. The number of urea groups is 1. The average molecular weight is 261 g/mol. The third kappa shape index (κ3) is 3.56. The molecule has 5 heteroatoms. The predicted molar refractivity (Wildman–Crippen MR) is 72.3 cm³/mol. The van der Waals surface area contributed by atoms with Crippen molar-refractivity contribution in [3.63, 3.8) is 0 Å². The van der Waals surface area contributed by atoms with Crippen LogP contribution in [0.4, 0.5) is 4.79 Å². The van der Waals surface area contributed by atoms with E-state index < -0.39 is 0 Å².